The smallest absolute Gasteiger partial charge is 0.0677 e. The molecule has 0 aliphatic heterocycles. The Morgan fingerprint density at radius 2 is 1.86 bits per heavy atom. The van der Waals surface area contributed by atoms with Gasteiger partial charge in [-0.2, -0.15) is 0 Å². The molecule has 0 amide bonds. The lowest BCUT2D eigenvalue weighted by molar-refractivity contribution is -0.0808. The molecule has 2 rings (SSSR count). The molecule has 0 bridgehead atoms. The molecular formula is C12H23NO. The maximum atomic E-state index is 10.4. The molecule has 0 heterocycles. The van der Waals surface area contributed by atoms with E-state index in [2.05, 4.69) is 12.2 Å². The lowest BCUT2D eigenvalue weighted by Gasteiger charge is -2.45. The van der Waals surface area contributed by atoms with E-state index in [1.807, 2.05) is 0 Å². The molecule has 2 saturated carbocycles. The van der Waals surface area contributed by atoms with E-state index < -0.39 is 0 Å². The fraction of sp³-hybridized carbons (Fsp3) is 1.00. The predicted octanol–water partition coefficient (Wildman–Crippen LogP) is 2.07. The van der Waals surface area contributed by atoms with Gasteiger partial charge in [0.1, 0.15) is 0 Å². The normalized spacial score (nSPS) is 39.4. The molecule has 0 aromatic heterocycles. The van der Waals surface area contributed by atoms with Crippen molar-refractivity contribution < 1.29 is 5.11 Å². The minimum absolute atomic E-state index is 0.288. The van der Waals surface area contributed by atoms with Crippen molar-refractivity contribution in [3.8, 4) is 0 Å². The third-order valence-corrected chi connectivity index (χ3v) is 4.21. The molecule has 2 N–H and O–H groups in total. The van der Waals surface area contributed by atoms with Crippen molar-refractivity contribution in [3.63, 3.8) is 0 Å². The Balaban J connectivity index is 1.81. The van der Waals surface area contributed by atoms with E-state index in [4.69, 9.17) is 0 Å². The van der Waals surface area contributed by atoms with Crippen LogP contribution in [0.2, 0.25) is 0 Å². The van der Waals surface area contributed by atoms with Crippen molar-refractivity contribution in [1.29, 1.82) is 0 Å². The first kappa shape index (κ1) is 10.4. The monoisotopic (exact) mass is 197 g/mol. The molecule has 0 unspecified atom stereocenters. The van der Waals surface area contributed by atoms with Crippen molar-refractivity contribution in [1.82, 2.24) is 5.32 Å². The first-order valence-corrected chi connectivity index (χ1v) is 6.20. The molecule has 0 atom stereocenters. The van der Waals surface area contributed by atoms with E-state index >= 15 is 0 Å². The van der Waals surface area contributed by atoms with E-state index in [0.29, 0.717) is 12.0 Å². The summed E-state index contributed by atoms with van der Waals surface area (Å²) in [4.78, 5) is 0. The Bertz CT molecular complexity index is 181. The molecule has 2 nitrogen and oxygen atoms in total. The number of rotatable bonds is 3. The van der Waals surface area contributed by atoms with Crippen LogP contribution in [-0.2, 0) is 0 Å². The average Bonchev–Trinajstić information content (AvgIpc) is 2.06. The summed E-state index contributed by atoms with van der Waals surface area (Å²) in [5.74, 6) is 0.630. The van der Waals surface area contributed by atoms with Gasteiger partial charge < -0.3 is 10.4 Å². The summed E-state index contributed by atoms with van der Waals surface area (Å²) >= 11 is 0. The van der Waals surface area contributed by atoms with Gasteiger partial charge in [-0.3, -0.25) is 0 Å². The molecular weight excluding hydrogens is 174 g/mol. The Hall–Kier alpha value is -0.0800. The summed E-state index contributed by atoms with van der Waals surface area (Å²) in [6.07, 6.45) is 8.25. The molecule has 0 saturated heterocycles. The Morgan fingerprint density at radius 1 is 1.21 bits per heavy atom. The fourth-order valence-corrected chi connectivity index (χ4v) is 2.96. The van der Waals surface area contributed by atoms with Gasteiger partial charge in [0.2, 0.25) is 0 Å². The summed E-state index contributed by atoms with van der Waals surface area (Å²) < 4.78 is 0. The molecule has 2 aliphatic rings. The van der Waals surface area contributed by atoms with Crippen LogP contribution in [0.1, 0.15) is 51.9 Å². The van der Waals surface area contributed by atoms with E-state index in [1.165, 1.54) is 32.1 Å². The Kier molecular flexibility index (Phi) is 3.13. The van der Waals surface area contributed by atoms with Crippen LogP contribution in [0.15, 0.2) is 0 Å². The van der Waals surface area contributed by atoms with Crippen LogP contribution in [0.3, 0.4) is 0 Å². The van der Waals surface area contributed by atoms with Crippen LogP contribution in [-0.4, -0.2) is 23.3 Å². The van der Waals surface area contributed by atoms with E-state index in [9.17, 15) is 5.11 Å². The van der Waals surface area contributed by atoms with Gasteiger partial charge in [0.25, 0.3) is 0 Å². The number of hydrogen-bond donors (Lipinski definition) is 2. The molecule has 0 aromatic rings. The highest BCUT2D eigenvalue weighted by Gasteiger charge is 2.42. The standard InChI is InChI=1S/C12H23NO/c1-2-13-11-6-8-12(14,9-7-11)10-4-3-5-10/h10-11,13-14H,2-9H2,1H3. The van der Waals surface area contributed by atoms with Crippen LogP contribution < -0.4 is 5.32 Å². The predicted molar refractivity (Wildman–Crippen MR) is 58.2 cm³/mol. The second-order valence-electron chi connectivity index (χ2n) is 5.06. The minimum atomic E-state index is -0.288. The first-order valence-electron chi connectivity index (χ1n) is 6.20. The average molecular weight is 197 g/mol. The highest BCUT2D eigenvalue weighted by Crippen LogP contribution is 2.44. The quantitative estimate of drug-likeness (QED) is 0.726. The summed E-state index contributed by atoms with van der Waals surface area (Å²) in [5.41, 5.74) is -0.288. The van der Waals surface area contributed by atoms with Crippen molar-refractivity contribution in [2.45, 2.75) is 63.5 Å². The van der Waals surface area contributed by atoms with E-state index in [-0.39, 0.29) is 5.60 Å². The zero-order valence-corrected chi connectivity index (χ0v) is 9.26. The molecule has 14 heavy (non-hydrogen) atoms. The summed E-state index contributed by atoms with van der Waals surface area (Å²) in [7, 11) is 0. The zero-order valence-electron chi connectivity index (χ0n) is 9.26. The van der Waals surface area contributed by atoms with Gasteiger partial charge in [-0.05, 0) is 51.0 Å². The molecule has 2 aliphatic carbocycles. The fourth-order valence-electron chi connectivity index (χ4n) is 2.96. The van der Waals surface area contributed by atoms with E-state index in [1.54, 1.807) is 0 Å². The van der Waals surface area contributed by atoms with Crippen LogP contribution in [0.25, 0.3) is 0 Å². The molecule has 82 valence electrons. The largest absolute Gasteiger partial charge is 0.390 e. The molecule has 2 heteroatoms. The van der Waals surface area contributed by atoms with Crippen LogP contribution in [0.4, 0.5) is 0 Å². The maximum Gasteiger partial charge on any atom is 0.0677 e. The first-order chi connectivity index (χ1) is 6.74. The minimum Gasteiger partial charge on any atom is -0.390 e. The second kappa shape index (κ2) is 4.19. The maximum absolute atomic E-state index is 10.4. The van der Waals surface area contributed by atoms with Crippen LogP contribution >= 0.6 is 0 Å². The third kappa shape index (κ3) is 1.96. The highest BCUT2D eigenvalue weighted by molar-refractivity contribution is 4.95. The Morgan fingerprint density at radius 3 is 2.29 bits per heavy atom. The number of nitrogens with one attached hydrogen (secondary N) is 1. The van der Waals surface area contributed by atoms with Crippen molar-refractivity contribution >= 4 is 0 Å². The van der Waals surface area contributed by atoms with Crippen molar-refractivity contribution in [2.24, 2.45) is 5.92 Å². The lowest BCUT2D eigenvalue weighted by Crippen LogP contribution is -2.47. The van der Waals surface area contributed by atoms with Gasteiger partial charge >= 0.3 is 0 Å². The molecule has 0 spiro atoms. The summed E-state index contributed by atoms with van der Waals surface area (Å²) in [6.45, 7) is 3.22. The van der Waals surface area contributed by atoms with Crippen molar-refractivity contribution in [2.75, 3.05) is 6.54 Å². The number of hydrogen-bond acceptors (Lipinski definition) is 2. The van der Waals surface area contributed by atoms with Gasteiger partial charge in [0.05, 0.1) is 5.60 Å². The van der Waals surface area contributed by atoms with Crippen molar-refractivity contribution in [3.05, 3.63) is 0 Å². The van der Waals surface area contributed by atoms with Crippen LogP contribution in [0.5, 0.6) is 0 Å². The van der Waals surface area contributed by atoms with Gasteiger partial charge in [-0.25, -0.2) is 0 Å². The molecule has 0 radical (unpaired) electrons. The highest BCUT2D eigenvalue weighted by atomic mass is 16.3. The summed E-state index contributed by atoms with van der Waals surface area (Å²) in [5, 5.41) is 13.9. The summed E-state index contributed by atoms with van der Waals surface area (Å²) in [6, 6.07) is 0.667. The van der Waals surface area contributed by atoms with Gasteiger partial charge in [0.15, 0.2) is 0 Å². The van der Waals surface area contributed by atoms with Gasteiger partial charge in [-0.1, -0.05) is 13.3 Å². The topological polar surface area (TPSA) is 32.3 Å². The second-order valence-corrected chi connectivity index (χ2v) is 5.06. The third-order valence-electron chi connectivity index (χ3n) is 4.21. The molecule has 0 aromatic carbocycles. The lowest BCUT2D eigenvalue weighted by atomic mass is 9.66. The SMILES string of the molecule is CCNC1CCC(O)(C2CCC2)CC1. The van der Waals surface area contributed by atoms with Gasteiger partial charge in [0, 0.05) is 6.04 Å². The van der Waals surface area contributed by atoms with Crippen LogP contribution in [0, 0.1) is 5.92 Å². The Labute approximate surface area is 87.1 Å². The zero-order chi connectivity index (χ0) is 10.0. The number of aliphatic hydroxyl groups is 1. The van der Waals surface area contributed by atoms with Gasteiger partial charge in [-0.15, -0.1) is 0 Å². The van der Waals surface area contributed by atoms with E-state index in [0.717, 1.165) is 19.4 Å². The molecule has 2 fully saturated rings.